The molecule has 0 unspecified atom stereocenters. The molecule has 104 valence electrons. The average molecular weight is 277 g/mol. The Labute approximate surface area is 123 Å². The summed E-state index contributed by atoms with van der Waals surface area (Å²) >= 11 is 0. The van der Waals surface area contributed by atoms with Gasteiger partial charge >= 0.3 is 0 Å². The Hall–Kier alpha value is -2.68. The van der Waals surface area contributed by atoms with Crippen LogP contribution < -0.4 is 4.74 Å². The van der Waals surface area contributed by atoms with Crippen molar-refractivity contribution >= 4 is 16.7 Å². The van der Waals surface area contributed by atoms with Gasteiger partial charge in [0.2, 0.25) is 0 Å². The van der Waals surface area contributed by atoms with Crippen LogP contribution in [-0.4, -0.2) is 17.9 Å². The number of ketones is 1. The number of fused-ring (bicyclic) bond motifs is 1. The Kier molecular flexibility index (Phi) is 3.40. The first kappa shape index (κ1) is 13.3. The van der Waals surface area contributed by atoms with Gasteiger partial charge in [-0.3, -0.25) is 9.78 Å². The molecule has 0 aliphatic heterocycles. The molecule has 0 amide bonds. The summed E-state index contributed by atoms with van der Waals surface area (Å²) in [6.45, 7) is 1.95. The van der Waals surface area contributed by atoms with Crippen LogP contribution in [0.2, 0.25) is 0 Å². The lowest BCUT2D eigenvalue weighted by Crippen LogP contribution is -2.01. The van der Waals surface area contributed by atoms with Crippen LogP contribution >= 0.6 is 0 Å². The van der Waals surface area contributed by atoms with E-state index in [2.05, 4.69) is 4.98 Å². The van der Waals surface area contributed by atoms with Gasteiger partial charge in [0.1, 0.15) is 5.75 Å². The van der Waals surface area contributed by atoms with Crippen LogP contribution in [-0.2, 0) is 0 Å². The Morgan fingerprint density at radius 1 is 1.00 bits per heavy atom. The summed E-state index contributed by atoms with van der Waals surface area (Å²) in [4.78, 5) is 17.0. The summed E-state index contributed by atoms with van der Waals surface area (Å²) in [5.74, 6) is 0.662. The van der Waals surface area contributed by atoms with Gasteiger partial charge < -0.3 is 4.74 Å². The fraction of sp³-hybridized carbons (Fsp3) is 0.111. The molecule has 0 fully saturated rings. The molecule has 3 nitrogen and oxygen atoms in total. The number of aromatic nitrogens is 1. The highest BCUT2D eigenvalue weighted by Gasteiger charge is 2.10. The molecule has 3 rings (SSSR count). The standard InChI is InChI=1S/C18H15NO2/c1-12-6-7-13-10-15(8-9-17(13)19-12)18(20)14-4-3-5-16(11-14)21-2/h3-11H,1-2H3. The maximum atomic E-state index is 12.5. The Balaban J connectivity index is 2.02. The molecule has 0 saturated heterocycles. The zero-order valence-corrected chi connectivity index (χ0v) is 12.0. The fourth-order valence-electron chi connectivity index (χ4n) is 2.30. The van der Waals surface area contributed by atoms with Gasteiger partial charge in [0.25, 0.3) is 0 Å². The minimum Gasteiger partial charge on any atom is -0.497 e. The zero-order valence-electron chi connectivity index (χ0n) is 12.0. The molecule has 3 aromatic rings. The third-order valence-electron chi connectivity index (χ3n) is 3.42. The Morgan fingerprint density at radius 2 is 1.81 bits per heavy atom. The van der Waals surface area contributed by atoms with Crippen molar-refractivity contribution in [2.45, 2.75) is 6.92 Å². The molecular formula is C18H15NO2. The summed E-state index contributed by atoms with van der Waals surface area (Å²) in [5.41, 5.74) is 3.14. The summed E-state index contributed by atoms with van der Waals surface area (Å²) in [6.07, 6.45) is 0. The molecule has 0 N–H and O–H groups in total. The highest BCUT2D eigenvalue weighted by Crippen LogP contribution is 2.20. The average Bonchev–Trinajstić information content (AvgIpc) is 2.53. The first-order valence-corrected chi connectivity index (χ1v) is 6.73. The first-order chi connectivity index (χ1) is 10.2. The highest BCUT2D eigenvalue weighted by molar-refractivity contribution is 6.10. The van der Waals surface area contributed by atoms with Gasteiger partial charge in [-0.05, 0) is 43.3 Å². The second kappa shape index (κ2) is 5.37. The third-order valence-corrected chi connectivity index (χ3v) is 3.42. The van der Waals surface area contributed by atoms with Gasteiger partial charge in [-0.1, -0.05) is 18.2 Å². The lowest BCUT2D eigenvalue weighted by Gasteiger charge is -2.05. The van der Waals surface area contributed by atoms with Crippen LogP contribution in [0.15, 0.2) is 54.6 Å². The molecule has 2 aromatic carbocycles. The van der Waals surface area contributed by atoms with Crippen molar-refractivity contribution in [3.63, 3.8) is 0 Å². The van der Waals surface area contributed by atoms with Crippen molar-refractivity contribution in [3.05, 3.63) is 71.4 Å². The largest absolute Gasteiger partial charge is 0.497 e. The predicted octanol–water partition coefficient (Wildman–Crippen LogP) is 3.78. The third kappa shape index (κ3) is 2.63. The van der Waals surface area contributed by atoms with Gasteiger partial charge in [0.05, 0.1) is 12.6 Å². The van der Waals surface area contributed by atoms with Crippen molar-refractivity contribution in [1.82, 2.24) is 4.98 Å². The van der Waals surface area contributed by atoms with E-state index in [0.29, 0.717) is 16.9 Å². The summed E-state index contributed by atoms with van der Waals surface area (Å²) in [5, 5.41) is 0.967. The van der Waals surface area contributed by atoms with E-state index < -0.39 is 0 Å². The number of carbonyl (C=O) groups is 1. The van der Waals surface area contributed by atoms with Crippen LogP contribution in [0.25, 0.3) is 10.9 Å². The van der Waals surface area contributed by atoms with Crippen molar-refractivity contribution < 1.29 is 9.53 Å². The number of rotatable bonds is 3. The molecule has 1 heterocycles. The number of hydrogen-bond acceptors (Lipinski definition) is 3. The van der Waals surface area contributed by atoms with Crippen LogP contribution in [0.5, 0.6) is 5.75 Å². The van der Waals surface area contributed by atoms with Crippen molar-refractivity contribution in [2.75, 3.05) is 7.11 Å². The number of carbonyl (C=O) groups excluding carboxylic acids is 1. The maximum Gasteiger partial charge on any atom is 0.193 e. The number of aryl methyl sites for hydroxylation is 1. The van der Waals surface area contributed by atoms with Gasteiger partial charge in [0.15, 0.2) is 5.78 Å². The number of benzene rings is 2. The monoisotopic (exact) mass is 277 g/mol. The maximum absolute atomic E-state index is 12.5. The van der Waals surface area contributed by atoms with Gasteiger partial charge in [0, 0.05) is 22.2 Å². The normalized spacial score (nSPS) is 10.6. The SMILES string of the molecule is COc1cccc(C(=O)c2ccc3nc(C)ccc3c2)c1. The second-order valence-corrected chi connectivity index (χ2v) is 4.92. The topological polar surface area (TPSA) is 39.2 Å². The first-order valence-electron chi connectivity index (χ1n) is 6.73. The summed E-state index contributed by atoms with van der Waals surface area (Å²) in [7, 11) is 1.59. The van der Waals surface area contributed by atoms with Crippen LogP contribution in [0.4, 0.5) is 0 Å². The summed E-state index contributed by atoms with van der Waals surface area (Å²) in [6, 6.07) is 16.7. The van der Waals surface area contributed by atoms with Crippen LogP contribution in [0, 0.1) is 6.92 Å². The van der Waals surface area contributed by atoms with E-state index in [9.17, 15) is 4.79 Å². The summed E-state index contributed by atoms with van der Waals surface area (Å²) < 4.78 is 5.16. The highest BCUT2D eigenvalue weighted by atomic mass is 16.5. The predicted molar refractivity (Wildman–Crippen MR) is 82.9 cm³/mol. The van der Waals surface area contributed by atoms with Crippen molar-refractivity contribution in [1.29, 1.82) is 0 Å². The van der Waals surface area contributed by atoms with E-state index in [1.54, 1.807) is 19.2 Å². The van der Waals surface area contributed by atoms with Gasteiger partial charge in [-0.15, -0.1) is 0 Å². The van der Waals surface area contributed by atoms with Gasteiger partial charge in [-0.2, -0.15) is 0 Å². The number of nitrogens with zero attached hydrogens (tertiary/aromatic N) is 1. The molecule has 0 spiro atoms. The Bertz CT molecular complexity index is 824. The number of ether oxygens (including phenoxy) is 1. The minimum atomic E-state index is -0.0172. The van der Waals surface area contributed by atoms with Crippen molar-refractivity contribution in [2.24, 2.45) is 0 Å². The van der Waals surface area contributed by atoms with E-state index in [4.69, 9.17) is 4.74 Å². The van der Waals surface area contributed by atoms with E-state index in [1.807, 2.05) is 49.4 Å². The van der Waals surface area contributed by atoms with E-state index in [0.717, 1.165) is 16.6 Å². The van der Waals surface area contributed by atoms with E-state index in [1.165, 1.54) is 0 Å². The minimum absolute atomic E-state index is 0.0172. The lowest BCUT2D eigenvalue weighted by atomic mass is 10.0. The molecule has 0 aliphatic carbocycles. The molecule has 21 heavy (non-hydrogen) atoms. The number of hydrogen-bond donors (Lipinski definition) is 0. The molecule has 0 aliphatic rings. The van der Waals surface area contributed by atoms with Crippen LogP contribution in [0.1, 0.15) is 21.6 Å². The second-order valence-electron chi connectivity index (χ2n) is 4.92. The van der Waals surface area contributed by atoms with Crippen LogP contribution in [0.3, 0.4) is 0 Å². The molecule has 0 atom stereocenters. The molecule has 1 aromatic heterocycles. The molecular weight excluding hydrogens is 262 g/mol. The molecule has 0 bridgehead atoms. The fourth-order valence-corrected chi connectivity index (χ4v) is 2.30. The van der Waals surface area contributed by atoms with Crippen molar-refractivity contribution in [3.8, 4) is 5.75 Å². The van der Waals surface area contributed by atoms with E-state index in [-0.39, 0.29) is 5.78 Å². The lowest BCUT2D eigenvalue weighted by molar-refractivity contribution is 0.103. The van der Waals surface area contributed by atoms with E-state index >= 15 is 0 Å². The quantitative estimate of drug-likeness (QED) is 0.684. The smallest absolute Gasteiger partial charge is 0.193 e. The molecule has 0 saturated carbocycles. The number of methoxy groups -OCH3 is 1. The zero-order chi connectivity index (χ0) is 14.8. The molecule has 0 radical (unpaired) electrons. The molecule has 3 heteroatoms. The Morgan fingerprint density at radius 3 is 2.62 bits per heavy atom. The number of pyridine rings is 1. The van der Waals surface area contributed by atoms with Gasteiger partial charge in [-0.25, -0.2) is 0 Å².